The van der Waals surface area contributed by atoms with Gasteiger partial charge in [0.25, 0.3) is 0 Å². The molecular weight excluding hydrogens is 240 g/mol. The third kappa shape index (κ3) is 4.46. The summed E-state index contributed by atoms with van der Waals surface area (Å²) < 4.78 is 4.97. The molecule has 19 heavy (non-hydrogen) atoms. The Kier molecular flexibility index (Phi) is 5.22. The van der Waals surface area contributed by atoms with Crippen molar-refractivity contribution in [2.45, 2.75) is 63.5 Å². The molecule has 0 spiro atoms. The number of hydrogen-bond acceptors (Lipinski definition) is 4. The Morgan fingerprint density at radius 3 is 2.58 bits per heavy atom. The Balaban J connectivity index is 1.76. The molecular formula is C15H28N2O2. The zero-order chi connectivity index (χ0) is 13.7. The van der Waals surface area contributed by atoms with Crippen molar-refractivity contribution in [2.24, 2.45) is 0 Å². The number of methoxy groups -OCH3 is 1. The van der Waals surface area contributed by atoms with Crippen LogP contribution in [-0.4, -0.2) is 49.2 Å². The van der Waals surface area contributed by atoms with E-state index in [1.807, 2.05) is 6.92 Å². The smallest absolute Gasteiger partial charge is 0.325 e. The lowest BCUT2D eigenvalue weighted by atomic mass is 9.95. The maximum atomic E-state index is 12.0. The van der Waals surface area contributed by atoms with Gasteiger partial charge in [0.15, 0.2) is 0 Å². The van der Waals surface area contributed by atoms with Crippen LogP contribution in [0.1, 0.15) is 51.9 Å². The van der Waals surface area contributed by atoms with Crippen LogP contribution in [0.25, 0.3) is 0 Å². The van der Waals surface area contributed by atoms with E-state index in [1.54, 1.807) is 0 Å². The second-order valence-electron chi connectivity index (χ2n) is 6.25. The number of carbonyl (C=O) groups is 1. The number of nitrogens with one attached hydrogen (secondary N) is 1. The highest BCUT2D eigenvalue weighted by molar-refractivity contribution is 5.80. The number of ether oxygens (including phenoxy) is 1. The van der Waals surface area contributed by atoms with Crippen molar-refractivity contribution >= 4 is 5.97 Å². The molecule has 110 valence electrons. The highest BCUT2D eigenvalue weighted by atomic mass is 16.5. The second-order valence-corrected chi connectivity index (χ2v) is 6.25. The SMILES string of the molecule is COC(=O)C(C)(CCCN1CCCCC1)NC1CC1. The predicted molar refractivity (Wildman–Crippen MR) is 76.1 cm³/mol. The number of hydrogen-bond donors (Lipinski definition) is 1. The van der Waals surface area contributed by atoms with Crippen LogP contribution in [0.2, 0.25) is 0 Å². The van der Waals surface area contributed by atoms with Crippen LogP contribution in [0.15, 0.2) is 0 Å². The quantitative estimate of drug-likeness (QED) is 0.717. The summed E-state index contributed by atoms with van der Waals surface area (Å²) in [4.78, 5) is 14.5. The maximum Gasteiger partial charge on any atom is 0.325 e. The first kappa shape index (κ1) is 14.8. The summed E-state index contributed by atoms with van der Waals surface area (Å²) in [5, 5.41) is 3.46. The zero-order valence-corrected chi connectivity index (χ0v) is 12.4. The lowest BCUT2D eigenvalue weighted by Gasteiger charge is -2.31. The molecule has 1 aliphatic heterocycles. The topological polar surface area (TPSA) is 41.6 Å². The molecule has 0 amide bonds. The molecule has 0 aromatic carbocycles. The average molecular weight is 268 g/mol. The van der Waals surface area contributed by atoms with Gasteiger partial charge in [-0.15, -0.1) is 0 Å². The highest BCUT2D eigenvalue weighted by Gasteiger charge is 2.38. The third-order valence-corrected chi connectivity index (χ3v) is 4.34. The Bertz CT molecular complexity index is 299. The first-order chi connectivity index (χ1) is 9.14. The number of likely N-dealkylation sites (tertiary alicyclic amines) is 1. The van der Waals surface area contributed by atoms with E-state index in [0.29, 0.717) is 6.04 Å². The van der Waals surface area contributed by atoms with Crippen molar-refractivity contribution in [1.82, 2.24) is 10.2 Å². The number of esters is 1. The molecule has 0 aromatic rings. The summed E-state index contributed by atoms with van der Waals surface area (Å²) in [5.41, 5.74) is -0.494. The predicted octanol–water partition coefficient (Wildman–Crippen LogP) is 1.94. The second kappa shape index (κ2) is 6.71. The van der Waals surface area contributed by atoms with Gasteiger partial charge in [-0.05, 0) is 65.1 Å². The summed E-state index contributed by atoms with van der Waals surface area (Å²) in [6.45, 7) is 5.56. The maximum absolute atomic E-state index is 12.0. The number of rotatable bonds is 7. The van der Waals surface area contributed by atoms with Crippen LogP contribution in [-0.2, 0) is 9.53 Å². The lowest BCUT2D eigenvalue weighted by Crippen LogP contribution is -2.51. The molecule has 1 unspecified atom stereocenters. The van der Waals surface area contributed by atoms with Crippen molar-refractivity contribution in [2.75, 3.05) is 26.7 Å². The zero-order valence-electron chi connectivity index (χ0n) is 12.4. The Morgan fingerprint density at radius 1 is 1.32 bits per heavy atom. The number of nitrogens with zero attached hydrogens (tertiary/aromatic N) is 1. The summed E-state index contributed by atoms with van der Waals surface area (Å²) in [5.74, 6) is -0.113. The third-order valence-electron chi connectivity index (χ3n) is 4.34. The van der Waals surface area contributed by atoms with Crippen LogP contribution < -0.4 is 5.32 Å². The van der Waals surface area contributed by atoms with E-state index in [9.17, 15) is 4.79 Å². The van der Waals surface area contributed by atoms with Gasteiger partial charge in [0.1, 0.15) is 5.54 Å². The number of carbonyl (C=O) groups excluding carboxylic acids is 1. The van der Waals surface area contributed by atoms with Crippen molar-refractivity contribution in [3.8, 4) is 0 Å². The fourth-order valence-electron chi connectivity index (χ4n) is 2.98. The first-order valence-corrected chi connectivity index (χ1v) is 7.72. The standard InChI is InChI=1S/C15H28N2O2/c1-15(14(18)19-2,16-13-7-8-13)9-6-12-17-10-4-3-5-11-17/h13,16H,3-12H2,1-2H3. The van der Waals surface area contributed by atoms with Gasteiger partial charge in [0, 0.05) is 6.04 Å². The van der Waals surface area contributed by atoms with Crippen LogP contribution in [0.3, 0.4) is 0 Å². The Hall–Kier alpha value is -0.610. The molecule has 2 rings (SSSR count). The van der Waals surface area contributed by atoms with E-state index in [2.05, 4.69) is 10.2 Å². The van der Waals surface area contributed by atoms with Crippen molar-refractivity contribution in [3.63, 3.8) is 0 Å². The van der Waals surface area contributed by atoms with Crippen LogP contribution in [0.5, 0.6) is 0 Å². The summed E-state index contributed by atoms with van der Waals surface area (Å²) in [7, 11) is 1.49. The van der Waals surface area contributed by atoms with Gasteiger partial charge in [0.2, 0.25) is 0 Å². The van der Waals surface area contributed by atoms with E-state index < -0.39 is 5.54 Å². The summed E-state index contributed by atoms with van der Waals surface area (Å²) in [6.07, 6.45) is 8.35. The van der Waals surface area contributed by atoms with Gasteiger partial charge in [-0.1, -0.05) is 6.42 Å². The van der Waals surface area contributed by atoms with E-state index in [0.717, 1.165) is 19.4 Å². The minimum absolute atomic E-state index is 0.113. The Labute approximate surface area is 116 Å². The monoisotopic (exact) mass is 268 g/mol. The van der Waals surface area contributed by atoms with Crippen molar-refractivity contribution in [3.05, 3.63) is 0 Å². The number of piperidine rings is 1. The van der Waals surface area contributed by atoms with Gasteiger partial charge in [0.05, 0.1) is 7.11 Å². The molecule has 1 saturated heterocycles. The molecule has 2 aliphatic rings. The average Bonchev–Trinajstić information content (AvgIpc) is 3.22. The van der Waals surface area contributed by atoms with Gasteiger partial charge < -0.3 is 9.64 Å². The molecule has 4 nitrogen and oxygen atoms in total. The van der Waals surface area contributed by atoms with Crippen LogP contribution >= 0.6 is 0 Å². The Morgan fingerprint density at radius 2 is 2.00 bits per heavy atom. The van der Waals surface area contributed by atoms with Crippen molar-refractivity contribution in [1.29, 1.82) is 0 Å². The van der Waals surface area contributed by atoms with E-state index in [1.165, 1.54) is 52.3 Å². The van der Waals surface area contributed by atoms with Crippen molar-refractivity contribution < 1.29 is 9.53 Å². The molecule has 0 radical (unpaired) electrons. The largest absolute Gasteiger partial charge is 0.468 e. The lowest BCUT2D eigenvalue weighted by molar-refractivity contribution is -0.148. The summed E-state index contributed by atoms with van der Waals surface area (Å²) in [6, 6.07) is 0.527. The van der Waals surface area contributed by atoms with E-state index >= 15 is 0 Å². The summed E-state index contributed by atoms with van der Waals surface area (Å²) >= 11 is 0. The molecule has 1 N–H and O–H groups in total. The normalized spacial score (nSPS) is 23.9. The molecule has 0 aromatic heterocycles. The van der Waals surface area contributed by atoms with Gasteiger partial charge in [-0.25, -0.2) is 0 Å². The van der Waals surface area contributed by atoms with Crippen LogP contribution in [0.4, 0.5) is 0 Å². The minimum Gasteiger partial charge on any atom is -0.468 e. The highest BCUT2D eigenvalue weighted by Crippen LogP contribution is 2.26. The fourth-order valence-corrected chi connectivity index (χ4v) is 2.98. The van der Waals surface area contributed by atoms with Gasteiger partial charge >= 0.3 is 5.97 Å². The molecule has 1 saturated carbocycles. The fraction of sp³-hybridized carbons (Fsp3) is 0.933. The molecule has 1 atom stereocenters. The van der Waals surface area contributed by atoms with Gasteiger partial charge in [-0.2, -0.15) is 0 Å². The van der Waals surface area contributed by atoms with Crippen LogP contribution in [0, 0.1) is 0 Å². The first-order valence-electron chi connectivity index (χ1n) is 7.72. The minimum atomic E-state index is -0.494. The molecule has 2 fully saturated rings. The molecule has 0 bridgehead atoms. The van der Waals surface area contributed by atoms with Gasteiger partial charge in [-0.3, -0.25) is 10.1 Å². The van der Waals surface area contributed by atoms with E-state index in [-0.39, 0.29) is 5.97 Å². The van der Waals surface area contributed by atoms with E-state index in [4.69, 9.17) is 4.74 Å². The molecule has 1 heterocycles. The molecule has 4 heteroatoms. The molecule has 1 aliphatic carbocycles.